The van der Waals surface area contributed by atoms with Crippen LogP contribution in [0.2, 0.25) is 0 Å². The van der Waals surface area contributed by atoms with Gasteiger partial charge in [-0.1, -0.05) is 29.8 Å². The van der Waals surface area contributed by atoms with Crippen molar-refractivity contribution >= 4 is 12.0 Å². The van der Waals surface area contributed by atoms with Crippen LogP contribution in [0.5, 0.6) is 0 Å². The zero-order valence-electron chi connectivity index (χ0n) is 13.6. The number of amides is 1. The smallest absolute Gasteiger partial charge is 0.246 e. The minimum Gasteiger partial charge on any atom is -0.352 e. The summed E-state index contributed by atoms with van der Waals surface area (Å²) in [4.78, 5) is 14.8. The Bertz CT molecular complexity index is 553. The molecule has 3 heterocycles. The Morgan fingerprint density at radius 1 is 1.27 bits per heavy atom. The Morgan fingerprint density at radius 2 is 1.95 bits per heavy atom. The van der Waals surface area contributed by atoms with Gasteiger partial charge >= 0.3 is 0 Å². The van der Waals surface area contributed by atoms with Gasteiger partial charge in [0.25, 0.3) is 0 Å². The molecule has 0 unspecified atom stereocenters. The molecule has 2 bridgehead atoms. The van der Waals surface area contributed by atoms with E-state index in [1.165, 1.54) is 31.5 Å². The first-order chi connectivity index (χ1) is 10.6. The summed E-state index contributed by atoms with van der Waals surface area (Å²) in [6.07, 6.45) is 4.57. The van der Waals surface area contributed by atoms with Crippen molar-refractivity contribution in [2.45, 2.75) is 26.7 Å². The number of hydrogen-bond acceptors (Lipinski definition) is 2. The van der Waals surface area contributed by atoms with Crippen molar-refractivity contribution < 1.29 is 4.79 Å². The zero-order chi connectivity index (χ0) is 15.5. The standard InChI is InChI=1S/C19H26N2O/c1-14-3-5-16(6-4-14)11-15(2)19(22)20-12-18-13-21-9-7-17(18)8-10-21/h3-6,11,17-18H,7-10,12-13H2,1-2H3,(H,20,22)/t18-/m0/s1. The van der Waals surface area contributed by atoms with Gasteiger partial charge in [-0.25, -0.2) is 0 Å². The fourth-order valence-electron chi connectivity index (χ4n) is 3.66. The van der Waals surface area contributed by atoms with Crippen molar-refractivity contribution in [2.24, 2.45) is 11.8 Å². The number of piperidine rings is 3. The quantitative estimate of drug-likeness (QED) is 0.867. The van der Waals surface area contributed by atoms with Crippen LogP contribution in [0.15, 0.2) is 29.8 Å². The first kappa shape index (κ1) is 15.3. The lowest BCUT2D eigenvalue weighted by atomic mass is 9.79. The summed E-state index contributed by atoms with van der Waals surface area (Å²) in [5.74, 6) is 1.52. The van der Waals surface area contributed by atoms with E-state index in [0.29, 0.717) is 5.92 Å². The maximum atomic E-state index is 12.3. The maximum Gasteiger partial charge on any atom is 0.246 e. The number of rotatable bonds is 4. The first-order valence-electron chi connectivity index (χ1n) is 8.37. The molecule has 4 rings (SSSR count). The van der Waals surface area contributed by atoms with E-state index in [2.05, 4.69) is 41.4 Å². The van der Waals surface area contributed by atoms with Crippen LogP contribution in [0.4, 0.5) is 0 Å². The molecule has 1 aromatic rings. The Kier molecular flexibility index (Phi) is 4.63. The van der Waals surface area contributed by atoms with Gasteiger partial charge in [-0.05, 0) is 63.3 Å². The lowest BCUT2D eigenvalue weighted by molar-refractivity contribution is -0.117. The minimum atomic E-state index is 0.0667. The Hall–Kier alpha value is -1.61. The van der Waals surface area contributed by atoms with E-state index in [0.717, 1.165) is 30.1 Å². The van der Waals surface area contributed by atoms with E-state index in [1.54, 1.807) is 0 Å². The fraction of sp³-hybridized carbons (Fsp3) is 0.526. The van der Waals surface area contributed by atoms with Crippen molar-refractivity contribution in [1.29, 1.82) is 0 Å². The molecule has 1 amide bonds. The molecule has 22 heavy (non-hydrogen) atoms. The second-order valence-corrected chi connectivity index (χ2v) is 6.85. The summed E-state index contributed by atoms with van der Waals surface area (Å²) in [5, 5.41) is 3.13. The van der Waals surface area contributed by atoms with E-state index in [-0.39, 0.29) is 5.91 Å². The molecule has 3 aliphatic heterocycles. The molecule has 0 radical (unpaired) electrons. The lowest BCUT2D eigenvalue weighted by Crippen LogP contribution is -2.50. The summed E-state index contributed by atoms with van der Waals surface area (Å²) >= 11 is 0. The van der Waals surface area contributed by atoms with E-state index in [9.17, 15) is 4.79 Å². The number of aryl methyl sites for hydroxylation is 1. The third-order valence-corrected chi connectivity index (χ3v) is 5.14. The highest BCUT2D eigenvalue weighted by atomic mass is 16.1. The second kappa shape index (κ2) is 6.66. The van der Waals surface area contributed by atoms with Crippen LogP contribution in [0.25, 0.3) is 6.08 Å². The summed E-state index contributed by atoms with van der Waals surface area (Å²) in [6, 6.07) is 8.26. The molecule has 0 saturated carbocycles. The van der Waals surface area contributed by atoms with Crippen LogP contribution in [0, 0.1) is 18.8 Å². The fourth-order valence-corrected chi connectivity index (χ4v) is 3.66. The highest BCUT2D eigenvalue weighted by Crippen LogP contribution is 2.31. The molecule has 0 aliphatic carbocycles. The topological polar surface area (TPSA) is 32.3 Å². The van der Waals surface area contributed by atoms with Crippen molar-refractivity contribution in [2.75, 3.05) is 26.2 Å². The van der Waals surface area contributed by atoms with Gasteiger partial charge in [0.15, 0.2) is 0 Å². The predicted octanol–water partition coefficient (Wildman–Crippen LogP) is 2.86. The number of nitrogens with one attached hydrogen (secondary N) is 1. The summed E-state index contributed by atoms with van der Waals surface area (Å²) < 4.78 is 0. The molecule has 3 aliphatic rings. The highest BCUT2D eigenvalue weighted by molar-refractivity contribution is 5.97. The molecule has 1 aromatic carbocycles. The number of nitrogens with zero attached hydrogens (tertiary/aromatic N) is 1. The second-order valence-electron chi connectivity index (χ2n) is 6.85. The van der Waals surface area contributed by atoms with Gasteiger partial charge in [-0.2, -0.15) is 0 Å². The monoisotopic (exact) mass is 298 g/mol. The Labute approximate surface area is 133 Å². The van der Waals surface area contributed by atoms with Gasteiger partial charge < -0.3 is 10.2 Å². The van der Waals surface area contributed by atoms with Gasteiger partial charge in [0.2, 0.25) is 5.91 Å². The average Bonchev–Trinajstić information content (AvgIpc) is 2.56. The van der Waals surface area contributed by atoms with E-state index >= 15 is 0 Å². The SMILES string of the molecule is CC(=Cc1ccc(C)cc1)C(=O)NC[C@H]1CN2CCC1CC2. The van der Waals surface area contributed by atoms with Gasteiger partial charge in [0.05, 0.1) is 0 Å². The molecule has 3 nitrogen and oxygen atoms in total. The van der Waals surface area contributed by atoms with Crippen LogP contribution in [0.1, 0.15) is 30.9 Å². The lowest BCUT2D eigenvalue weighted by Gasteiger charge is -2.44. The molecular formula is C19H26N2O. The molecule has 0 aromatic heterocycles. The third kappa shape index (κ3) is 3.58. The van der Waals surface area contributed by atoms with Crippen molar-refractivity contribution in [3.8, 4) is 0 Å². The van der Waals surface area contributed by atoms with E-state index < -0.39 is 0 Å². The molecule has 118 valence electrons. The number of carbonyl (C=O) groups excluding carboxylic acids is 1. The Balaban J connectivity index is 1.54. The van der Waals surface area contributed by atoms with Crippen LogP contribution < -0.4 is 5.32 Å². The number of hydrogen-bond donors (Lipinski definition) is 1. The average molecular weight is 298 g/mol. The van der Waals surface area contributed by atoms with Gasteiger partial charge in [-0.15, -0.1) is 0 Å². The first-order valence-corrected chi connectivity index (χ1v) is 8.37. The van der Waals surface area contributed by atoms with Gasteiger partial charge in [0.1, 0.15) is 0 Å². The predicted molar refractivity (Wildman–Crippen MR) is 90.5 cm³/mol. The van der Waals surface area contributed by atoms with E-state index in [1.807, 2.05) is 13.0 Å². The molecule has 3 fully saturated rings. The summed E-state index contributed by atoms with van der Waals surface area (Å²) in [6.45, 7) is 8.44. The molecule has 0 spiro atoms. The summed E-state index contributed by atoms with van der Waals surface area (Å²) in [5.41, 5.74) is 3.10. The number of carbonyl (C=O) groups is 1. The number of benzene rings is 1. The zero-order valence-corrected chi connectivity index (χ0v) is 13.6. The van der Waals surface area contributed by atoms with Crippen LogP contribution in [-0.2, 0) is 4.79 Å². The largest absolute Gasteiger partial charge is 0.352 e. The van der Waals surface area contributed by atoms with Crippen LogP contribution >= 0.6 is 0 Å². The highest BCUT2D eigenvalue weighted by Gasteiger charge is 2.33. The Morgan fingerprint density at radius 3 is 2.55 bits per heavy atom. The normalized spacial score (nSPS) is 27.7. The molecule has 1 atom stereocenters. The van der Waals surface area contributed by atoms with Crippen molar-refractivity contribution in [1.82, 2.24) is 10.2 Å². The molecule has 3 saturated heterocycles. The van der Waals surface area contributed by atoms with Crippen molar-refractivity contribution in [3.63, 3.8) is 0 Å². The van der Waals surface area contributed by atoms with E-state index in [4.69, 9.17) is 0 Å². The number of fused-ring (bicyclic) bond motifs is 3. The van der Waals surface area contributed by atoms with Gasteiger partial charge in [0, 0.05) is 18.7 Å². The molecule has 3 heteroatoms. The van der Waals surface area contributed by atoms with Crippen LogP contribution in [-0.4, -0.2) is 37.0 Å². The van der Waals surface area contributed by atoms with Crippen LogP contribution in [0.3, 0.4) is 0 Å². The molecular weight excluding hydrogens is 272 g/mol. The molecule has 1 N–H and O–H groups in total. The maximum absolute atomic E-state index is 12.3. The minimum absolute atomic E-state index is 0.0667. The third-order valence-electron chi connectivity index (χ3n) is 5.14. The van der Waals surface area contributed by atoms with Crippen molar-refractivity contribution in [3.05, 3.63) is 41.0 Å². The van der Waals surface area contributed by atoms with Gasteiger partial charge in [-0.3, -0.25) is 4.79 Å². The summed E-state index contributed by atoms with van der Waals surface area (Å²) in [7, 11) is 0.